The molecule has 0 fully saturated rings. The standard InChI is InChI=1S/C20H25N3O9/c1-5-7-16(24)30-15(4)11-18(26)32-19(31-17(25)8-6-2)14(3)12-29-13-22-10-9-21-20(22)23(27)28/h5-11,14,19H,12-13H2,1-4H3/b7-5+,8-6+,15-11-. The Morgan fingerprint density at radius 3 is 2.41 bits per heavy atom. The van der Waals surface area contributed by atoms with Gasteiger partial charge in [0.1, 0.15) is 18.2 Å². The van der Waals surface area contributed by atoms with E-state index >= 15 is 0 Å². The monoisotopic (exact) mass is 451 g/mol. The fraction of sp³-hybridized carbons (Fsp3) is 0.400. The minimum absolute atomic E-state index is 0.0204. The highest BCUT2D eigenvalue weighted by Crippen LogP contribution is 2.14. The molecule has 0 aromatic carbocycles. The number of ether oxygens (including phenoxy) is 4. The Bertz CT molecular complexity index is 902. The van der Waals surface area contributed by atoms with Crippen LogP contribution in [0, 0.1) is 16.0 Å². The number of allylic oxidation sites excluding steroid dienone is 3. The molecule has 1 aromatic heterocycles. The predicted molar refractivity (Wildman–Crippen MR) is 109 cm³/mol. The molecular weight excluding hydrogens is 426 g/mol. The first kappa shape index (κ1) is 26.2. The molecule has 2 unspecified atom stereocenters. The Balaban J connectivity index is 2.78. The van der Waals surface area contributed by atoms with Crippen molar-refractivity contribution in [3.8, 4) is 0 Å². The molecule has 1 aromatic rings. The zero-order valence-electron chi connectivity index (χ0n) is 18.1. The van der Waals surface area contributed by atoms with Crippen molar-refractivity contribution in [1.29, 1.82) is 0 Å². The van der Waals surface area contributed by atoms with Crippen molar-refractivity contribution in [2.45, 2.75) is 40.7 Å². The molecule has 12 heteroatoms. The topological polar surface area (TPSA) is 149 Å². The molecule has 0 radical (unpaired) electrons. The second-order valence-corrected chi connectivity index (χ2v) is 6.35. The van der Waals surface area contributed by atoms with Crippen LogP contribution < -0.4 is 0 Å². The summed E-state index contributed by atoms with van der Waals surface area (Å²) in [6.45, 7) is 5.95. The largest absolute Gasteiger partial charge is 0.436 e. The number of esters is 3. The van der Waals surface area contributed by atoms with Gasteiger partial charge in [-0.05, 0) is 25.7 Å². The second-order valence-electron chi connectivity index (χ2n) is 6.35. The van der Waals surface area contributed by atoms with E-state index in [-0.39, 0.29) is 19.1 Å². The van der Waals surface area contributed by atoms with Crippen molar-refractivity contribution in [2.24, 2.45) is 5.92 Å². The van der Waals surface area contributed by atoms with Gasteiger partial charge in [-0.15, -0.1) is 0 Å². The van der Waals surface area contributed by atoms with Crippen LogP contribution in [0.2, 0.25) is 0 Å². The van der Waals surface area contributed by atoms with E-state index in [1.165, 1.54) is 42.1 Å². The van der Waals surface area contributed by atoms with E-state index < -0.39 is 41.0 Å². The third kappa shape index (κ3) is 9.34. The fourth-order valence-electron chi connectivity index (χ4n) is 2.21. The maximum absolute atomic E-state index is 12.2. The molecule has 174 valence electrons. The van der Waals surface area contributed by atoms with Crippen molar-refractivity contribution in [3.63, 3.8) is 0 Å². The maximum atomic E-state index is 12.2. The minimum Gasteiger partial charge on any atom is -0.428 e. The quantitative estimate of drug-likeness (QED) is 0.116. The molecule has 2 atom stereocenters. The Morgan fingerprint density at radius 1 is 1.16 bits per heavy atom. The third-order valence-corrected chi connectivity index (χ3v) is 3.59. The summed E-state index contributed by atoms with van der Waals surface area (Å²) < 4.78 is 21.8. The van der Waals surface area contributed by atoms with Gasteiger partial charge < -0.3 is 29.1 Å². The average molecular weight is 451 g/mol. The van der Waals surface area contributed by atoms with Crippen molar-refractivity contribution < 1.29 is 38.3 Å². The Hall–Kier alpha value is -3.80. The number of rotatable bonds is 12. The van der Waals surface area contributed by atoms with Gasteiger partial charge in [0.2, 0.25) is 0 Å². The van der Waals surface area contributed by atoms with E-state index in [0.29, 0.717) is 0 Å². The van der Waals surface area contributed by atoms with Crippen LogP contribution in [-0.2, 0) is 40.1 Å². The van der Waals surface area contributed by atoms with E-state index in [1.54, 1.807) is 20.8 Å². The number of hydrogen-bond donors (Lipinski definition) is 0. The summed E-state index contributed by atoms with van der Waals surface area (Å²) in [5, 5.41) is 10.9. The Kier molecular flexibility index (Phi) is 11.1. The zero-order valence-corrected chi connectivity index (χ0v) is 18.1. The molecule has 0 aliphatic carbocycles. The summed E-state index contributed by atoms with van der Waals surface area (Å²) in [5.41, 5.74) is 0. The van der Waals surface area contributed by atoms with Crippen molar-refractivity contribution >= 4 is 23.9 Å². The normalized spacial score (nSPS) is 13.7. The van der Waals surface area contributed by atoms with E-state index in [4.69, 9.17) is 18.9 Å². The number of hydrogen-bond acceptors (Lipinski definition) is 10. The van der Waals surface area contributed by atoms with Crippen LogP contribution in [0.25, 0.3) is 0 Å². The summed E-state index contributed by atoms with van der Waals surface area (Å²) >= 11 is 0. The smallest absolute Gasteiger partial charge is 0.428 e. The van der Waals surface area contributed by atoms with Crippen molar-refractivity contribution in [3.05, 3.63) is 58.6 Å². The molecule has 1 heterocycles. The number of nitro groups is 1. The van der Waals surface area contributed by atoms with Gasteiger partial charge in [0.25, 0.3) is 6.29 Å². The number of carbonyl (C=O) groups excluding carboxylic acids is 3. The molecule has 0 N–H and O–H groups in total. The van der Waals surface area contributed by atoms with Crippen LogP contribution in [0.5, 0.6) is 0 Å². The van der Waals surface area contributed by atoms with Gasteiger partial charge >= 0.3 is 23.9 Å². The molecule has 0 bridgehead atoms. The van der Waals surface area contributed by atoms with Gasteiger partial charge in [-0.3, -0.25) is 0 Å². The molecule has 0 saturated carbocycles. The first-order chi connectivity index (χ1) is 15.2. The lowest BCUT2D eigenvalue weighted by Gasteiger charge is -2.22. The molecule has 0 spiro atoms. The summed E-state index contributed by atoms with van der Waals surface area (Å²) in [5.74, 6) is -3.38. The van der Waals surface area contributed by atoms with Gasteiger partial charge in [-0.2, -0.15) is 0 Å². The number of carbonyl (C=O) groups is 3. The second kappa shape index (κ2) is 13.5. The van der Waals surface area contributed by atoms with Crippen molar-refractivity contribution in [2.75, 3.05) is 6.61 Å². The zero-order chi connectivity index (χ0) is 24.1. The van der Waals surface area contributed by atoms with E-state index in [9.17, 15) is 24.5 Å². The van der Waals surface area contributed by atoms with Crippen molar-refractivity contribution in [1.82, 2.24) is 9.55 Å². The summed E-state index contributed by atoms with van der Waals surface area (Å²) in [4.78, 5) is 49.3. The number of nitrogens with zero attached hydrogens (tertiary/aromatic N) is 3. The summed E-state index contributed by atoms with van der Waals surface area (Å²) in [6.07, 6.45) is 7.47. The van der Waals surface area contributed by atoms with Gasteiger partial charge in [0.05, 0.1) is 18.6 Å². The highest BCUT2D eigenvalue weighted by molar-refractivity contribution is 5.86. The SMILES string of the molecule is C/C=C/C(=O)O/C(C)=C\C(=O)OC(OC(=O)/C=C/C)C(C)COCn1ccnc1[N+](=O)[O-]. The minimum atomic E-state index is -1.33. The molecule has 0 aliphatic rings. The highest BCUT2D eigenvalue weighted by Gasteiger charge is 2.26. The van der Waals surface area contributed by atoms with E-state index in [0.717, 1.165) is 12.2 Å². The number of aromatic nitrogens is 2. The summed E-state index contributed by atoms with van der Waals surface area (Å²) in [6, 6.07) is 0. The van der Waals surface area contributed by atoms with E-state index in [2.05, 4.69) is 4.98 Å². The molecule has 0 aliphatic heterocycles. The van der Waals surface area contributed by atoms with Gasteiger partial charge in [-0.1, -0.05) is 24.1 Å². The van der Waals surface area contributed by atoms with Gasteiger partial charge in [0.15, 0.2) is 6.73 Å². The molecule has 0 saturated heterocycles. The third-order valence-electron chi connectivity index (χ3n) is 3.59. The first-order valence-electron chi connectivity index (χ1n) is 9.47. The predicted octanol–water partition coefficient (Wildman–Crippen LogP) is 2.41. The van der Waals surface area contributed by atoms with Crippen LogP contribution in [0.15, 0.2) is 48.5 Å². The lowest BCUT2D eigenvalue weighted by molar-refractivity contribution is -0.397. The Morgan fingerprint density at radius 2 is 1.78 bits per heavy atom. The Labute approximate surface area is 184 Å². The van der Waals surface area contributed by atoms with Crippen LogP contribution >= 0.6 is 0 Å². The molecule has 0 amide bonds. The fourth-order valence-corrected chi connectivity index (χ4v) is 2.21. The summed E-state index contributed by atoms with van der Waals surface area (Å²) in [7, 11) is 0. The highest BCUT2D eigenvalue weighted by atomic mass is 16.7. The van der Waals surface area contributed by atoms with Crippen LogP contribution in [-0.4, -0.2) is 45.3 Å². The first-order valence-corrected chi connectivity index (χ1v) is 9.47. The van der Waals surface area contributed by atoms with Gasteiger partial charge in [0, 0.05) is 12.2 Å². The van der Waals surface area contributed by atoms with E-state index in [1.807, 2.05) is 0 Å². The number of imidazole rings is 1. The average Bonchev–Trinajstić information content (AvgIpc) is 3.16. The van der Waals surface area contributed by atoms with Crippen LogP contribution in [0.3, 0.4) is 0 Å². The van der Waals surface area contributed by atoms with Crippen LogP contribution in [0.4, 0.5) is 5.95 Å². The molecule has 32 heavy (non-hydrogen) atoms. The van der Waals surface area contributed by atoms with Crippen LogP contribution in [0.1, 0.15) is 27.7 Å². The molecule has 1 rings (SSSR count). The molecular formula is C20H25N3O9. The van der Waals surface area contributed by atoms with Gasteiger partial charge in [-0.25, -0.2) is 19.0 Å². The lowest BCUT2D eigenvalue weighted by Crippen LogP contribution is -2.32. The maximum Gasteiger partial charge on any atom is 0.436 e. The lowest BCUT2D eigenvalue weighted by atomic mass is 10.2. The molecule has 12 nitrogen and oxygen atoms in total.